The van der Waals surface area contributed by atoms with E-state index in [1.807, 2.05) is 6.07 Å². The molecule has 144 valence electrons. The summed E-state index contributed by atoms with van der Waals surface area (Å²) in [6.45, 7) is 0.143. The van der Waals surface area contributed by atoms with Crippen molar-refractivity contribution in [2.45, 2.75) is 15.6 Å². The van der Waals surface area contributed by atoms with Gasteiger partial charge in [0.25, 0.3) is 0 Å². The third-order valence-electron chi connectivity index (χ3n) is 3.54. The van der Waals surface area contributed by atoms with E-state index in [2.05, 4.69) is 4.98 Å². The second-order valence-corrected chi connectivity index (χ2v) is 8.49. The van der Waals surface area contributed by atoms with E-state index in [9.17, 15) is 18.3 Å². The number of nitrogens with zero attached hydrogens (tertiary/aromatic N) is 1. The van der Waals surface area contributed by atoms with Crippen molar-refractivity contribution in [1.82, 2.24) is 4.98 Å². The second-order valence-electron chi connectivity index (χ2n) is 5.20. The molecule has 0 atom stereocenters. The lowest BCUT2D eigenvalue weighted by Crippen LogP contribution is -2.04. The minimum absolute atomic E-state index is 0. The number of halogens is 2. The van der Waals surface area contributed by atoms with Crippen LogP contribution in [0.25, 0.3) is 11.1 Å². The van der Waals surface area contributed by atoms with Gasteiger partial charge in [-0.2, -0.15) is 0 Å². The lowest BCUT2D eigenvalue weighted by atomic mass is 10.0. The van der Waals surface area contributed by atoms with Crippen molar-refractivity contribution < 1.29 is 18.3 Å². The van der Waals surface area contributed by atoms with Crippen molar-refractivity contribution in [3.8, 4) is 11.1 Å². The number of thiazole rings is 1. The molecule has 1 aromatic heterocycles. The van der Waals surface area contributed by atoms with Gasteiger partial charge in [-0.3, -0.25) is 0 Å². The molecule has 3 N–H and O–H groups in total. The SMILES string of the molecule is Cl.Cl.NCc1ncc(S(=O)(=O)c2cc(C(=O)O)cc(-c3ccccc3)c2)s1. The maximum absolute atomic E-state index is 12.9. The normalized spacial score (nSPS) is 10.6. The second kappa shape index (κ2) is 9.29. The van der Waals surface area contributed by atoms with Crippen molar-refractivity contribution in [1.29, 1.82) is 0 Å². The van der Waals surface area contributed by atoms with Crippen LogP contribution in [-0.2, 0) is 16.4 Å². The Kier molecular flexibility index (Phi) is 7.94. The van der Waals surface area contributed by atoms with Crippen molar-refractivity contribution >= 4 is 52.0 Å². The van der Waals surface area contributed by atoms with Crippen molar-refractivity contribution in [2.24, 2.45) is 5.73 Å². The highest BCUT2D eigenvalue weighted by atomic mass is 35.5. The van der Waals surface area contributed by atoms with Gasteiger partial charge in [-0.15, -0.1) is 36.2 Å². The third kappa shape index (κ3) is 4.85. The van der Waals surface area contributed by atoms with Crippen LogP contribution in [-0.4, -0.2) is 24.5 Å². The summed E-state index contributed by atoms with van der Waals surface area (Å²) >= 11 is 0.979. The predicted octanol–water partition coefficient (Wildman–Crippen LogP) is 3.64. The molecule has 0 spiro atoms. The van der Waals surface area contributed by atoms with Crippen molar-refractivity contribution in [2.75, 3.05) is 0 Å². The summed E-state index contributed by atoms with van der Waals surface area (Å²) in [5.41, 5.74) is 6.64. The van der Waals surface area contributed by atoms with E-state index in [-0.39, 0.29) is 46.0 Å². The Morgan fingerprint density at radius 2 is 1.74 bits per heavy atom. The zero-order valence-electron chi connectivity index (χ0n) is 13.7. The summed E-state index contributed by atoms with van der Waals surface area (Å²) < 4.78 is 25.8. The molecule has 10 heteroatoms. The van der Waals surface area contributed by atoms with Crippen LogP contribution in [0, 0.1) is 0 Å². The minimum Gasteiger partial charge on any atom is -0.478 e. The summed E-state index contributed by atoms with van der Waals surface area (Å²) in [6, 6.07) is 13.1. The van der Waals surface area contributed by atoms with Gasteiger partial charge in [0.05, 0.1) is 16.7 Å². The van der Waals surface area contributed by atoms with Gasteiger partial charge in [-0.1, -0.05) is 30.3 Å². The van der Waals surface area contributed by atoms with E-state index in [1.165, 1.54) is 18.3 Å². The highest BCUT2D eigenvalue weighted by molar-refractivity contribution is 7.93. The first-order valence-corrected chi connectivity index (χ1v) is 9.55. The molecular formula is C17H16Cl2N2O4S2. The van der Waals surface area contributed by atoms with Crippen LogP contribution >= 0.6 is 36.2 Å². The molecule has 0 aliphatic carbocycles. The summed E-state index contributed by atoms with van der Waals surface area (Å²) in [6.07, 6.45) is 1.25. The van der Waals surface area contributed by atoms with Crippen molar-refractivity contribution in [3.05, 3.63) is 65.3 Å². The van der Waals surface area contributed by atoms with E-state index < -0.39 is 15.8 Å². The number of sulfone groups is 1. The molecular weight excluding hydrogens is 431 g/mol. The maximum atomic E-state index is 12.9. The molecule has 6 nitrogen and oxygen atoms in total. The lowest BCUT2D eigenvalue weighted by Gasteiger charge is -2.08. The lowest BCUT2D eigenvalue weighted by molar-refractivity contribution is 0.0696. The molecule has 3 aromatic rings. The van der Waals surface area contributed by atoms with Crippen LogP contribution in [0.15, 0.2) is 63.8 Å². The zero-order chi connectivity index (χ0) is 18.0. The fraction of sp³-hybridized carbons (Fsp3) is 0.0588. The van der Waals surface area contributed by atoms with Crippen LogP contribution in [0.3, 0.4) is 0 Å². The Hall–Kier alpha value is -1.97. The molecule has 0 amide bonds. The van der Waals surface area contributed by atoms with E-state index >= 15 is 0 Å². The van der Waals surface area contributed by atoms with Crippen LogP contribution in [0.1, 0.15) is 15.4 Å². The summed E-state index contributed by atoms with van der Waals surface area (Å²) in [4.78, 5) is 15.3. The Bertz CT molecular complexity index is 1040. The quantitative estimate of drug-likeness (QED) is 0.618. The third-order valence-corrected chi connectivity index (χ3v) is 6.76. The molecule has 2 aromatic carbocycles. The maximum Gasteiger partial charge on any atom is 0.335 e. The van der Waals surface area contributed by atoms with Gasteiger partial charge in [-0.25, -0.2) is 18.2 Å². The van der Waals surface area contributed by atoms with Gasteiger partial charge < -0.3 is 10.8 Å². The van der Waals surface area contributed by atoms with E-state index in [0.717, 1.165) is 23.0 Å². The van der Waals surface area contributed by atoms with Gasteiger partial charge in [0.2, 0.25) is 9.84 Å². The van der Waals surface area contributed by atoms with Gasteiger partial charge in [0, 0.05) is 6.54 Å². The minimum atomic E-state index is -3.88. The molecule has 0 saturated carbocycles. The van der Waals surface area contributed by atoms with Gasteiger partial charge in [0.1, 0.15) is 9.22 Å². The number of aromatic nitrogens is 1. The monoisotopic (exact) mass is 446 g/mol. The molecule has 0 unspecified atom stereocenters. The average Bonchev–Trinajstić information content (AvgIpc) is 3.12. The Morgan fingerprint density at radius 3 is 2.30 bits per heavy atom. The van der Waals surface area contributed by atoms with Crippen LogP contribution in [0.5, 0.6) is 0 Å². The van der Waals surface area contributed by atoms with E-state index in [1.54, 1.807) is 24.3 Å². The number of hydrogen-bond donors (Lipinski definition) is 2. The number of hydrogen-bond acceptors (Lipinski definition) is 6. The average molecular weight is 447 g/mol. The van der Waals surface area contributed by atoms with Crippen LogP contribution in [0.2, 0.25) is 0 Å². The smallest absolute Gasteiger partial charge is 0.335 e. The number of carboxylic acids is 1. The molecule has 1 heterocycles. The first-order chi connectivity index (χ1) is 11.9. The van der Waals surface area contributed by atoms with E-state index in [0.29, 0.717) is 10.6 Å². The number of nitrogens with two attached hydrogens (primary N) is 1. The number of aromatic carboxylic acids is 1. The fourth-order valence-corrected chi connectivity index (χ4v) is 4.83. The molecule has 0 saturated heterocycles. The Labute approximate surface area is 172 Å². The molecule has 0 aliphatic rings. The molecule has 0 radical (unpaired) electrons. The van der Waals surface area contributed by atoms with Crippen LogP contribution in [0.4, 0.5) is 0 Å². The van der Waals surface area contributed by atoms with Crippen LogP contribution < -0.4 is 5.73 Å². The predicted molar refractivity (Wildman–Crippen MR) is 109 cm³/mol. The zero-order valence-corrected chi connectivity index (χ0v) is 17.0. The largest absolute Gasteiger partial charge is 0.478 e. The Morgan fingerprint density at radius 1 is 1.07 bits per heavy atom. The van der Waals surface area contributed by atoms with Gasteiger partial charge in [0.15, 0.2) is 0 Å². The van der Waals surface area contributed by atoms with E-state index in [4.69, 9.17) is 5.73 Å². The number of carboxylic acid groups (broad SMARTS) is 1. The number of carbonyl (C=O) groups is 1. The van der Waals surface area contributed by atoms with Gasteiger partial charge in [-0.05, 0) is 29.3 Å². The molecule has 0 bridgehead atoms. The number of benzene rings is 2. The number of rotatable bonds is 5. The molecule has 27 heavy (non-hydrogen) atoms. The molecule has 0 fully saturated rings. The Balaban J connectivity index is 0.00000182. The molecule has 3 rings (SSSR count). The van der Waals surface area contributed by atoms with Crippen molar-refractivity contribution in [3.63, 3.8) is 0 Å². The molecule has 0 aliphatic heterocycles. The first-order valence-electron chi connectivity index (χ1n) is 7.25. The standard InChI is InChI=1S/C17H14N2O4S2.2ClH/c18-9-15-19-10-16(24-15)25(22,23)14-7-12(6-13(8-14)17(20)21)11-4-2-1-3-5-11;;/h1-8,10H,9,18H2,(H,20,21);2*1H. The fourth-order valence-electron chi connectivity index (χ4n) is 2.30. The highest BCUT2D eigenvalue weighted by Crippen LogP contribution is 2.30. The topological polar surface area (TPSA) is 110 Å². The summed E-state index contributed by atoms with van der Waals surface area (Å²) in [5, 5.41) is 9.83. The highest BCUT2D eigenvalue weighted by Gasteiger charge is 2.23. The summed E-state index contributed by atoms with van der Waals surface area (Å²) in [7, 11) is -3.88. The van der Waals surface area contributed by atoms with Gasteiger partial charge >= 0.3 is 5.97 Å². The first kappa shape index (κ1) is 23.1. The summed E-state index contributed by atoms with van der Waals surface area (Å²) in [5.74, 6) is -1.19.